The van der Waals surface area contributed by atoms with Gasteiger partial charge >= 0.3 is 0 Å². The fraction of sp³-hybridized carbons (Fsp3) is 0.625. The topological polar surface area (TPSA) is 52.6 Å². The number of aldehydes is 1. The zero-order chi connectivity index (χ0) is 27.1. The summed E-state index contributed by atoms with van der Waals surface area (Å²) in [5.41, 5.74) is 2.04. The summed E-state index contributed by atoms with van der Waals surface area (Å²) < 4.78 is 12.3. The van der Waals surface area contributed by atoms with Gasteiger partial charge in [0.25, 0.3) is 0 Å². The van der Waals surface area contributed by atoms with E-state index in [0.717, 1.165) is 37.7 Å². The Balaban J connectivity index is 2.04. The molecule has 0 saturated heterocycles. The molecule has 200 valence electrons. The van der Waals surface area contributed by atoms with Gasteiger partial charge in [-0.05, 0) is 87.7 Å². The molecule has 0 aromatic heterocycles. The third-order valence-electron chi connectivity index (χ3n) is 7.47. The minimum Gasteiger partial charge on any atom is -0.493 e. The van der Waals surface area contributed by atoms with E-state index in [1.807, 2.05) is 20.8 Å². The van der Waals surface area contributed by atoms with Gasteiger partial charge in [0.1, 0.15) is 17.5 Å². The molecule has 0 aromatic rings. The predicted octanol–water partition coefficient (Wildman–Crippen LogP) is 8.06. The van der Waals surface area contributed by atoms with Crippen LogP contribution in [0.1, 0.15) is 93.9 Å². The second kappa shape index (κ2) is 12.7. The van der Waals surface area contributed by atoms with Crippen LogP contribution in [0, 0.1) is 23.2 Å². The Bertz CT molecular complexity index is 922. The molecule has 0 saturated carbocycles. The van der Waals surface area contributed by atoms with Crippen LogP contribution in [0.5, 0.6) is 0 Å². The Morgan fingerprint density at radius 2 is 1.89 bits per heavy atom. The number of carbonyl (C=O) groups is 2. The molecule has 2 aliphatic carbocycles. The molecule has 0 amide bonds. The molecule has 0 aromatic carbocycles. The molecule has 4 heteroatoms. The number of rotatable bonds is 12. The summed E-state index contributed by atoms with van der Waals surface area (Å²) in [6, 6.07) is 0. The van der Waals surface area contributed by atoms with Gasteiger partial charge in [0, 0.05) is 24.2 Å². The van der Waals surface area contributed by atoms with E-state index in [-0.39, 0.29) is 23.4 Å². The van der Waals surface area contributed by atoms with Gasteiger partial charge in [-0.25, -0.2) is 0 Å². The molecule has 0 heterocycles. The third kappa shape index (κ3) is 8.35. The molecule has 2 aliphatic rings. The van der Waals surface area contributed by atoms with Crippen LogP contribution in [0.4, 0.5) is 0 Å². The van der Waals surface area contributed by atoms with Crippen LogP contribution in [0.3, 0.4) is 0 Å². The van der Waals surface area contributed by atoms with Gasteiger partial charge in [-0.15, -0.1) is 6.58 Å². The number of Topliss-reactive ketones (excluding diaryl/α,β-unsaturated/α-hetero) is 1. The highest BCUT2D eigenvalue weighted by Gasteiger charge is 2.31. The van der Waals surface area contributed by atoms with E-state index in [4.69, 9.17) is 9.47 Å². The quantitative estimate of drug-likeness (QED) is 0.119. The summed E-state index contributed by atoms with van der Waals surface area (Å²) in [5.74, 6) is 2.25. The molecular formula is C32H48O4. The predicted molar refractivity (Wildman–Crippen MR) is 148 cm³/mol. The number of carbonyl (C=O) groups excluding carboxylic acids is 2. The van der Waals surface area contributed by atoms with E-state index in [9.17, 15) is 9.59 Å². The number of hydrogen-bond acceptors (Lipinski definition) is 4. The molecule has 0 spiro atoms. The van der Waals surface area contributed by atoms with Crippen LogP contribution in [-0.4, -0.2) is 23.8 Å². The minimum atomic E-state index is -0.432. The van der Waals surface area contributed by atoms with Gasteiger partial charge in [0.05, 0.1) is 5.76 Å². The van der Waals surface area contributed by atoms with Gasteiger partial charge in [-0.1, -0.05) is 46.8 Å². The summed E-state index contributed by atoms with van der Waals surface area (Å²) in [4.78, 5) is 24.5. The summed E-state index contributed by atoms with van der Waals surface area (Å²) >= 11 is 0. The van der Waals surface area contributed by atoms with Crippen LogP contribution in [0.15, 0.2) is 59.6 Å². The maximum atomic E-state index is 12.8. The van der Waals surface area contributed by atoms with Crippen molar-refractivity contribution in [3.05, 3.63) is 59.6 Å². The Morgan fingerprint density at radius 3 is 2.42 bits per heavy atom. The summed E-state index contributed by atoms with van der Waals surface area (Å²) in [6.07, 6.45) is 15.6. The van der Waals surface area contributed by atoms with Crippen LogP contribution in [-0.2, 0) is 19.1 Å². The van der Waals surface area contributed by atoms with Crippen molar-refractivity contribution in [1.29, 1.82) is 0 Å². The van der Waals surface area contributed by atoms with Gasteiger partial charge in [0.15, 0.2) is 12.0 Å². The second-order valence-corrected chi connectivity index (χ2v) is 12.0. The first-order chi connectivity index (χ1) is 16.8. The average molecular weight is 497 g/mol. The molecule has 2 rings (SSSR count). The molecule has 36 heavy (non-hydrogen) atoms. The second-order valence-electron chi connectivity index (χ2n) is 12.0. The molecule has 0 N–H and O–H groups in total. The van der Waals surface area contributed by atoms with Gasteiger partial charge in [0.2, 0.25) is 0 Å². The van der Waals surface area contributed by atoms with Crippen LogP contribution < -0.4 is 0 Å². The Labute approximate surface area is 219 Å². The lowest BCUT2D eigenvalue weighted by Crippen LogP contribution is -2.28. The fourth-order valence-corrected chi connectivity index (χ4v) is 5.06. The lowest BCUT2D eigenvalue weighted by Gasteiger charge is -2.35. The van der Waals surface area contributed by atoms with E-state index in [2.05, 4.69) is 59.4 Å². The highest BCUT2D eigenvalue weighted by Crippen LogP contribution is 2.40. The Hall–Kier alpha value is -2.36. The molecule has 0 radical (unpaired) electrons. The van der Waals surface area contributed by atoms with E-state index in [1.54, 1.807) is 12.2 Å². The zero-order valence-electron chi connectivity index (χ0n) is 23.9. The molecule has 0 bridgehead atoms. The van der Waals surface area contributed by atoms with E-state index >= 15 is 0 Å². The summed E-state index contributed by atoms with van der Waals surface area (Å²) in [7, 11) is 0. The first-order valence-electron chi connectivity index (χ1n) is 13.6. The van der Waals surface area contributed by atoms with Crippen molar-refractivity contribution in [2.75, 3.05) is 0 Å². The fourth-order valence-electron chi connectivity index (χ4n) is 5.06. The summed E-state index contributed by atoms with van der Waals surface area (Å²) in [6.45, 7) is 20.4. The molecule has 0 fully saturated rings. The number of ether oxygens (including phenoxy) is 2. The largest absolute Gasteiger partial charge is 0.493 e. The van der Waals surface area contributed by atoms with Crippen molar-refractivity contribution >= 4 is 12.1 Å². The maximum absolute atomic E-state index is 12.8. The minimum absolute atomic E-state index is 0.127. The van der Waals surface area contributed by atoms with Crippen LogP contribution in [0.25, 0.3) is 0 Å². The Kier molecular flexibility index (Phi) is 10.6. The smallest absolute Gasteiger partial charge is 0.184 e. The highest BCUT2D eigenvalue weighted by atomic mass is 16.5. The number of hydrogen-bond donors (Lipinski definition) is 0. The van der Waals surface area contributed by atoms with Crippen molar-refractivity contribution in [3.63, 3.8) is 0 Å². The third-order valence-corrected chi connectivity index (χ3v) is 7.47. The zero-order valence-corrected chi connectivity index (χ0v) is 23.9. The van der Waals surface area contributed by atoms with Gasteiger partial charge in [-0.3, -0.25) is 9.59 Å². The standard InChI is InChI=1S/C32H48O4/c1-10-12-24(30(34)31(5,6)7)13-14-27(21-33)35-25-15-17-28(22(3)19-25)29-18-16-26(20-23(29)4)36-32(8,9)11-2/h10,14,17,19-21,23-25,29H,1,11-13,15-16,18H2,2-9H3. The first kappa shape index (κ1) is 29.9. The van der Waals surface area contributed by atoms with Crippen molar-refractivity contribution in [2.24, 2.45) is 23.2 Å². The van der Waals surface area contributed by atoms with Crippen molar-refractivity contribution in [2.45, 2.75) is 106 Å². The molecule has 4 nitrogen and oxygen atoms in total. The highest BCUT2D eigenvalue weighted by molar-refractivity contribution is 5.86. The van der Waals surface area contributed by atoms with Crippen molar-refractivity contribution in [3.8, 4) is 0 Å². The average Bonchev–Trinajstić information content (AvgIpc) is 2.80. The van der Waals surface area contributed by atoms with Gasteiger partial charge < -0.3 is 9.47 Å². The van der Waals surface area contributed by atoms with Crippen LogP contribution in [0.2, 0.25) is 0 Å². The van der Waals surface area contributed by atoms with E-state index in [1.165, 1.54) is 11.1 Å². The number of ketones is 1. The van der Waals surface area contributed by atoms with Gasteiger partial charge in [-0.2, -0.15) is 0 Å². The molecule has 4 atom stereocenters. The molecular weight excluding hydrogens is 448 g/mol. The van der Waals surface area contributed by atoms with Crippen LogP contribution >= 0.6 is 0 Å². The first-order valence-corrected chi connectivity index (χ1v) is 13.6. The SMILES string of the molecule is C=CCC(CC=C(C=O)OC1C=C(C)C(C2CCC(OC(C)(C)CC)=CC2C)=CC1)C(=O)C(C)(C)C. The van der Waals surface area contributed by atoms with E-state index in [0.29, 0.717) is 30.4 Å². The van der Waals surface area contributed by atoms with E-state index < -0.39 is 5.41 Å². The molecule has 4 unspecified atom stereocenters. The van der Waals surface area contributed by atoms with Crippen molar-refractivity contribution in [1.82, 2.24) is 0 Å². The summed E-state index contributed by atoms with van der Waals surface area (Å²) in [5, 5.41) is 0. The number of allylic oxidation sites excluding steroid dienone is 7. The van der Waals surface area contributed by atoms with Crippen molar-refractivity contribution < 1.29 is 19.1 Å². The molecule has 0 aliphatic heterocycles. The Morgan fingerprint density at radius 1 is 1.19 bits per heavy atom. The maximum Gasteiger partial charge on any atom is 0.184 e. The normalized spacial score (nSPS) is 24.2. The lowest BCUT2D eigenvalue weighted by molar-refractivity contribution is -0.130. The lowest BCUT2D eigenvalue weighted by atomic mass is 9.75. The monoisotopic (exact) mass is 496 g/mol.